The summed E-state index contributed by atoms with van der Waals surface area (Å²) in [6.45, 7) is 1.85. The van der Waals surface area contributed by atoms with Gasteiger partial charge in [0.05, 0.1) is 28.8 Å². The van der Waals surface area contributed by atoms with Crippen molar-refractivity contribution in [3.8, 4) is 10.4 Å². The van der Waals surface area contributed by atoms with Crippen LogP contribution in [0.15, 0.2) is 30.7 Å². The zero-order chi connectivity index (χ0) is 22.5. The minimum absolute atomic E-state index is 0.0763. The molecule has 162 valence electrons. The van der Waals surface area contributed by atoms with Crippen LogP contribution in [-0.2, 0) is 19.1 Å². The first kappa shape index (κ1) is 24.2. The maximum absolute atomic E-state index is 11.4. The van der Waals surface area contributed by atoms with E-state index in [1.165, 1.54) is 11.3 Å². The molecule has 0 aliphatic carbocycles. The van der Waals surface area contributed by atoms with Crippen LogP contribution in [0.5, 0.6) is 0 Å². The van der Waals surface area contributed by atoms with Crippen molar-refractivity contribution in [2.24, 2.45) is 0 Å². The Labute approximate surface area is 187 Å². The summed E-state index contributed by atoms with van der Waals surface area (Å²) in [5.41, 5.74) is 1.68. The molecular formula is C15H16Cl2N6O4S3. The third-order valence-electron chi connectivity index (χ3n) is 2.98. The molecule has 2 N–H and O–H groups in total. The Morgan fingerprint density at radius 3 is 2.23 bits per heavy atom. The Morgan fingerprint density at radius 1 is 1.07 bits per heavy atom. The number of thiazole rings is 1. The molecule has 15 heteroatoms. The maximum Gasteiger partial charge on any atom is 0.229 e. The van der Waals surface area contributed by atoms with Crippen LogP contribution in [0.25, 0.3) is 10.4 Å². The fraction of sp³-hybridized carbons (Fsp3) is 0.200. The number of hydrogen-bond acceptors (Lipinski definition) is 10. The van der Waals surface area contributed by atoms with E-state index in [9.17, 15) is 16.8 Å². The van der Waals surface area contributed by atoms with E-state index in [2.05, 4.69) is 40.7 Å². The van der Waals surface area contributed by atoms with Crippen molar-refractivity contribution in [2.75, 3.05) is 22.6 Å². The Bertz CT molecular complexity index is 1230. The quantitative estimate of drug-likeness (QED) is 0.390. The van der Waals surface area contributed by atoms with Crippen LogP contribution in [0.4, 0.5) is 16.8 Å². The monoisotopic (exact) mass is 510 g/mol. The largest absolute Gasteiger partial charge is 0.300 e. The molecule has 0 unspecified atom stereocenters. The summed E-state index contributed by atoms with van der Waals surface area (Å²) in [5.74, 6) is 0.441. The highest BCUT2D eigenvalue weighted by atomic mass is 35.7. The molecule has 0 saturated heterocycles. The van der Waals surface area contributed by atoms with E-state index in [0.29, 0.717) is 16.6 Å². The zero-order valence-corrected chi connectivity index (χ0v) is 19.8. The smallest absolute Gasteiger partial charge is 0.229 e. The first-order valence-electron chi connectivity index (χ1n) is 7.86. The summed E-state index contributed by atoms with van der Waals surface area (Å²) < 4.78 is 44.0. The highest BCUT2D eigenvalue weighted by Gasteiger charge is 2.14. The highest BCUT2D eigenvalue weighted by Crippen LogP contribution is 2.35. The maximum atomic E-state index is 11.4. The molecule has 0 spiro atoms. The number of anilines is 3. The van der Waals surface area contributed by atoms with Gasteiger partial charge in [-0.3, -0.25) is 4.72 Å². The Balaban J connectivity index is 0.000000575. The van der Waals surface area contributed by atoms with Gasteiger partial charge < -0.3 is 5.32 Å². The van der Waals surface area contributed by atoms with Gasteiger partial charge in [0.25, 0.3) is 0 Å². The molecule has 0 bridgehead atoms. The molecule has 10 nitrogen and oxygen atoms in total. The Morgan fingerprint density at radius 2 is 1.67 bits per heavy atom. The van der Waals surface area contributed by atoms with Crippen molar-refractivity contribution in [3.05, 3.63) is 41.6 Å². The van der Waals surface area contributed by atoms with E-state index in [4.69, 9.17) is 11.6 Å². The summed E-state index contributed by atoms with van der Waals surface area (Å²) in [5, 5.41) is 3.72. The molecule has 3 aromatic heterocycles. The summed E-state index contributed by atoms with van der Waals surface area (Å²) in [6.07, 6.45) is 6.80. The van der Waals surface area contributed by atoms with Crippen LogP contribution in [-0.4, -0.2) is 49.3 Å². The summed E-state index contributed by atoms with van der Waals surface area (Å²) in [7, 11) is -2.15. The van der Waals surface area contributed by atoms with Crippen molar-refractivity contribution in [2.45, 2.75) is 6.92 Å². The minimum atomic E-state index is -3.46. The van der Waals surface area contributed by atoms with E-state index in [1.54, 1.807) is 30.7 Å². The van der Waals surface area contributed by atoms with Crippen molar-refractivity contribution < 1.29 is 16.8 Å². The zero-order valence-electron chi connectivity index (χ0n) is 15.8. The molecule has 0 fully saturated rings. The molecule has 0 saturated carbocycles. The lowest BCUT2D eigenvalue weighted by molar-refractivity contribution is 0.606. The predicted octanol–water partition coefficient (Wildman–Crippen LogP) is 3.26. The lowest BCUT2D eigenvalue weighted by atomic mass is 10.2. The number of nitrogens with one attached hydrogen (secondary N) is 2. The van der Waals surface area contributed by atoms with Crippen LogP contribution in [0.3, 0.4) is 0 Å². The SMILES string of the molecule is CS(=O)(=O)Cl.Cc1nc(Nc2ncccn2)sc1-c1cnc(Cl)c(NS(C)(=O)=O)c1. The molecular weight excluding hydrogens is 495 g/mol. The minimum Gasteiger partial charge on any atom is -0.300 e. The molecule has 3 aromatic rings. The number of aryl methyl sites for hydroxylation is 1. The van der Waals surface area contributed by atoms with Gasteiger partial charge in [0, 0.05) is 34.8 Å². The number of aromatic nitrogens is 4. The topological polar surface area (TPSA) is 144 Å². The predicted molar refractivity (Wildman–Crippen MR) is 120 cm³/mol. The first-order valence-corrected chi connectivity index (χ1v) is 13.7. The molecule has 0 aliphatic rings. The van der Waals surface area contributed by atoms with Crippen molar-refractivity contribution >= 4 is 69.5 Å². The van der Waals surface area contributed by atoms with Crippen molar-refractivity contribution in [1.82, 2.24) is 19.9 Å². The van der Waals surface area contributed by atoms with Gasteiger partial charge in [-0.1, -0.05) is 22.9 Å². The van der Waals surface area contributed by atoms with Crippen LogP contribution in [0.1, 0.15) is 5.69 Å². The van der Waals surface area contributed by atoms with Crippen LogP contribution in [0, 0.1) is 6.92 Å². The van der Waals surface area contributed by atoms with Crippen LogP contribution < -0.4 is 10.0 Å². The second-order valence-electron chi connectivity index (χ2n) is 5.75. The van der Waals surface area contributed by atoms with Gasteiger partial charge >= 0.3 is 0 Å². The first-order chi connectivity index (χ1) is 13.8. The summed E-state index contributed by atoms with van der Waals surface area (Å²) >= 11 is 7.34. The number of nitrogens with zero attached hydrogens (tertiary/aromatic N) is 4. The molecule has 3 rings (SSSR count). The van der Waals surface area contributed by atoms with Crippen molar-refractivity contribution in [3.63, 3.8) is 0 Å². The van der Waals surface area contributed by atoms with Crippen LogP contribution in [0.2, 0.25) is 5.15 Å². The third-order valence-corrected chi connectivity index (χ3v) is 4.99. The van der Waals surface area contributed by atoms with Gasteiger partial charge in [-0.05, 0) is 19.1 Å². The van der Waals surface area contributed by atoms with E-state index in [1.807, 2.05) is 6.92 Å². The average molecular weight is 511 g/mol. The van der Waals surface area contributed by atoms with Crippen molar-refractivity contribution in [1.29, 1.82) is 0 Å². The molecule has 0 amide bonds. The lowest BCUT2D eigenvalue weighted by Crippen LogP contribution is -2.10. The molecule has 30 heavy (non-hydrogen) atoms. The number of pyridine rings is 1. The molecule has 3 heterocycles. The highest BCUT2D eigenvalue weighted by molar-refractivity contribution is 8.13. The summed E-state index contributed by atoms with van der Waals surface area (Å²) in [4.78, 5) is 17.5. The molecule has 0 aromatic carbocycles. The fourth-order valence-electron chi connectivity index (χ4n) is 2.02. The Hall–Kier alpha value is -2.06. The van der Waals surface area contributed by atoms with E-state index in [-0.39, 0.29) is 10.8 Å². The van der Waals surface area contributed by atoms with E-state index < -0.39 is 19.1 Å². The number of halogens is 2. The number of sulfonamides is 1. The van der Waals surface area contributed by atoms with Gasteiger partial charge in [-0.2, -0.15) is 0 Å². The number of hydrogen-bond donors (Lipinski definition) is 2. The summed E-state index contributed by atoms with van der Waals surface area (Å²) in [6, 6.07) is 3.35. The van der Waals surface area contributed by atoms with Gasteiger partial charge in [0.15, 0.2) is 10.3 Å². The molecule has 0 radical (unpaired) electrons. The lowest BCUT2D eigenvalue weighted by Gasteiger charge is -2.07. The van der Waals surface area contributed by atoms with Gasteiger partial charge in [-0.25, -0.2) is 36.8 Å². The standard InChI is InChI=1S/C14H13ClN6O2S2.CH3ClO2S/c1-8-11(24-14(19-8)20-13-16-4-3-5-17-13)9-6-10(12(15)18-7-9)21-25(2,22)23;1-5(2,3)4/h3-7,21H,1-2H3,(H,16,17,19,20);1H3. The van der Waals surface area contributed by atoms with Gasteiger partial charge in [0.2, 0.25) is 25.0 Å². The third kappa shape index (κ3) is 8.36. The van der Waals surface area contributed by atoms with Gasteiger partial charge in [-0.15, -0.1) is 0 Å². The van der Waals surface area contributed by atoms with E-state index >= 15 is 0 Å². The Kier molecular flexibility index (Phi) is 7.93. The average Bonchev–Trinajstić information content (AvgIpc) is 2.95. The fourth-order valence-corrected chi connectivity index (χ4v) is 3.72. The molecule has 0 atom stereocenters. The second kappa shape index (κ2) is 9.83. The normalized spacial score (nSPS) is 11.4. The molecule has 0 aliphatic heterocycles. The second-order valence-corrected chi connectivity index (χ2v) is 11.9. The number of rotatable bonds is 5. The van der Waals surface area contributed by atoms with Crippen LogP contribution >= 0.6 is 33.6 Å². The van der Waals surface area contributed by atoms with E-state index in [0.717, 1.165) is 23.1 Å². The van der Waals surface area contributed by atoms with Gasteiger partial charge in [0.1, 0.15) is 0 Å².